The van der Waals surface area contributed by atoms with E-state index in [0.29, 0.717) is 24.8 Å². The van der Waals surface area contributed by atoms with E-state index in [1.165, 1.54) is 16.2 Å². The summed E-state index contributed by atoms with van der Waals surface area (Å²) in [6.07, 6.45) is 2.22. The summed E-state index contributed by atoms with van der Waals surface area (Å²) in [5.41, 5.74) is 4.20. The average molecular weight is 574 g/mol. The maximum absolute atomic E-state index is 13.6. The van der Waals surface area contributed by atoms with Gasteiger partial charge in [-0.1, -0.05) is 54.6 Å². The van der Waals surface area contributed by atoms with E-state index in [2.05, 4.69) is 0 Å². The van der Waals surface area contributed by atoms with E-state index < -0.39 is 23.9 Å². The fourth-order valence-corrected chi connectivity index (χ4v) is 6.95. The maximum atomic E-state index is 13.6. The van der Waals surface area contributed by atoms with Crippen molar-refractivity contribution in [3.63, 3.8) is 0 Å². The Morgan fingerprint density at radius 2 is 1.90 bits per heavy atom. The number of rotatable bonds is 11. The molecule has 0 saturated carbocycles. The lowest BCUT2D eigenvalue weighted by Gasteiger charge is -2.36. The lowest BCUT2D eigenvalue weighted by atomic mass is 9.68. The Balaban J connectivity index is 1.42. The van der Waals surface area contributed by atoms with Gasteiger partial charge in [-0.25, -0.2) is 0 Å². The van der Waals surface area contributed by atoms with Crippen LogP contribution in [0, 0.1) is 17.8 Å². The highest BCUT2D eigenvalue weighted by Crippen LogP contribution is 2.47. The number of ether oxygens (including phenoxy) is 1. The molecular formula is C33H35NO6S. The van der Waals surface area contributed by atoms with E-state index in [4.69, 9.17) is 4.74 Å². The van der Waals surface area contributed by atoms with Gasteiger partial charge in [0.05, 0.1) is 37.7 Å². The molecule has 1 fully saturated rings. The molecule has 2 aliphatic rings. The highest BCUT2D eigenvalue weighted by atomic mass is 32.1. The molecule has 1 aliphatic carbocycles. The van der Waals surface area contributed by atoms with Crippen LogP contribution in [-0.4, -0.2) is 58.5 Å². The average Bonchev–Trinajstić information content (AvgIpc) is 3.58. The molecule has 1 aliphatic heterocycles. The predicted octanol–water partition coefficient (Wildman–Crippen LogP) is 4.89. The highest BCUT2D eigenvalue weighted by molar-refractivity contribution is 7.09. The van der Waals surface area contributed by atoms with Gasteiger partial charge >= 0.3 is 0 Å². The Morgan fingerprint density at radius 3 is 2.59 bits per heavy atom. The van der Waals surface area contributed by atoms with Gasteiger partial charge in [-0.15, -0.1) is 11.3 Å². The minimum Gasteiger partial charge on any atom is -0.508 e. The minimum absolute atomic E-state index is 0.173. The number of likely N-dealkylation sites (tertiary alicyclic amines) is 1. The molecule has 1 aromatic heterocycles. The summed E-state index contributed by atoms with van der Waals surface area (Å²) in [4.78, 5) is 29.2. The van der Waals surface area contributed by atoms with Gasteiger partial charge in [0.1, 0.15) is 5.75 Å². The fourth-order valence-electron chi connectivity index (χ4n) is 6.26. The Kier molecular flexibility index (Phi) is 9.15. The van der Waals surface area contributed by atoms with Crippen molar-refractivity contribution in [3.8, 4) is 5.75 Å². The van der Waals surface area contributed by atoms with Crippen LogP contribution < -0.4 is 0 Å². The van der Waals surface area contributed by atoms with Gasteiger partial charge < -0.3 is 20.1 Å². The van der Waals surface area contributed by atoms with E-state index in [0.717, 1.165) is 27.2 Å². The number of phenols is 1. The van der Waals surface area contributed by atoms with Crippen LogP contribution >= 0.6 is 11.3 Å². The van der Waals surface area contributed by atoms with Gasteiger partial charge in [-0.3, -0.25) is 14.5 Å². The number of carbonyl (C=O) groups is 2. The lowest BCUT2D eigenvalue weighted by molar-refractivity contribution is -0.140. The topological polar surface area (TPSA) is 107 Å². The maximum Gasteiger partial charge on any atom is 0.234 e. The van der Waals surface area contributed by atoms with E-state index in [1.807, 2.05) is 60.0 Å². The number of allylic oxidation sites excluding steroid dienone is 1. The Bertz CT molecular complexity index is 1430. The van der Waals surface area contributed by atoms with Crippen LogP contribution in [0.1, 0.15) is 35.3 Å². The van der Waals surface area contributed by atoms with Crippen molar-refractivity contribution >= 4 is 34.8 Å². The molecular weight excluding hydrogens is 538 g/mol. The molecule has 0 bridgehead atoms. The summed E-state index contributed by atoms with van der Waals surface area (Å²) in [6, 6.07) is 20.6. The number of imide groups is 1. The SMILES string of the molecule is COCC1=C([C@H](O)CC/C(=C/c2cccc(O)c2)c2ccccc2)[C@H](CO)[C@@H]2C(=O)N(Cc3cccs3)C(=O)[C@@H]2C1. The second kappa shape index (κ2) is 13.0. The first kappa shape index (κ1) is 29.0. The van der Waals surface area contributed by atoms with Gasteiger partial charge in [-0.05, 0) is 70.7 Å². The van der Waals surface area contributed by atoms with Crippen molar-refractivity contribution in [1.82, 2.24) is 4.90 Å². The molecule has 2 aromatic carbocycles. The molecule has 3 N–H and O–H groups in total. The highest BCUT2D eigenvalue weighted by Gasteiger charge is 2.54. The van der Waals surface area contributed by atoms with Crippen LogP contribution in [0.4, 0.5) is 0 Å². The number of methoxy groups -OCH3 is 1. The summed E-state index contributed by atoms with van der Waals surface area (Å²) in [5.74, 6) is -2.31. The first-order chi connectivity index (χ1) is 19.9. The Morgan fingerprint density at radius 1 is 1.10 bits per heavy atom. The third-order valence-corrected chi connectivity index (χ3v) is 8.95. The second-order valence-electron chi connectivity index (χ2n) is 10.6. The number of nitrogens with zero attached hydrogens (tertiary/aromatic N) is 1. The number of thiophene rings is 1. The number of carbonyl (C=O) groups excluding carboxylic acids is 2. The van der Waals surface area contributed by atoms with Crippen molar-refractivity contribution in [2.24, 2.45) is 17.8 Å². The van der Waals surface area contributed by atoms with E-state index in [1.54, 1.807) is 25.3 Å². The van der Waals surface area contributed by atoms with Gasteiger partial charge in [0.2, 0.25) is 11.8 Å². The number of phenolic OH excluding ortho intramolecular Hbond substituents is 1. The number of fused-ring (bicyclic) bond motifs is 1. The number of benzene rings is 2. The van der Waals surface area contributed by atoms with Crippen molar-refractivity contribution in [3.05, 3.63) is 99.3 Å². The normalized spacial score (nSPS) is 21.9. The zero-order valence-electron chi connectivity index (χ0n) is 23.0. The Labute approximate surface area is 244 Å². The van der Waals surface area contributed by atoms with E-state index in [9.17, 15) is 24.9 Å². The molecule has 8 heteroatoms. The third-order valence-electron chi connectivity index (χ3n) is 8.09. The summed E-state index contributed by atoms with van der Waals surface area (Å²) in [6.45, 7) is 0.0821. The van der Waals surface area contributed by atoms with Crippen molar-refractivity contribution in [2.45, 2.75) is 31.9 Å². The number of hydrogen-bond donors (Lipinski definition) is 3. The van der Waals surface area contributed by atoms with Gasteiger partial charge in [-0.2, -0.15) is 0 Å². The summed E-state index contributed by atoms with van der Waals surface area (Å²) in [7, 11) is 1.56. The Hall–Kier alpha value is -3.56. The number of hydrogen-bond acceptors (Lipinski definition) is 7. The first-order valence-corrected chi connectivity index (χ1v) is 14.7. The summed E-state index contributed by atoms with van der Waals surface area (Å²) >= 11 is 1.49. The van der Waals surface area contributed by atoms with Crippen LogP contribution in [0.3, 0.4) is 0 Å². The van der Waals surface area contributed by atoms with Gasteiger partial charge in [0, 0.05) is 17.9 Å². The molecule has 2 amide bonds. The quantitative estimate of drug-likeness (QED) is 0.171. The molecule has 2 heterocycles. The van der Waals surface area contributed by atoms with Crippen molar-refractivity contribution in [1.29, 1.82) is 0 Å². The molecule has 3 aromatic rings. The van der Waals surface area contributed by atoms with Crippen LogP contribution in [0.2, 0.25) is 0 Å². The smallest absolute Gasteiger partial charge is 0.234 e. The zero-order chi connectivity index (χ0) is 28.9. The second-order valence-corrected chi connectivity index (χ2v) is 11.7. The van der Waals surface area contributed by atoms with Crippen LogP contribution in [0.25, 0.3) is 11.6 Å². The molecule has 0 radical (unpaired) electrons. The standard InChI is InChI=1S/C33H35NO6S/c1-40-20-24-17-27-31(33(39)34(32(27)38)18-26-11-6-14-41-26)28(19-35)30(24)29(37)13-12-23(22-8-3-2-4-9-22)15-21-7-5-10-25(36)16-21/h2-11,14-16,27-29,31,35-37H,12-13,17-20H2,1H3/b23-15-/t27-,28+,29-,31-/m1/s1. The molecule has 7 nitrogen and oxygen atoms in total. The van der Waals surface area contributed by atoms with Crippen LogP contribution in [0.15, 0.2) is 83.3 Å². The van der Waals surface area contributed by atoms with Gasteiger partial charge in [0.25, 0.3) is 0 Å². The van der Waals surface area contributed by atoms with Crippen molar-refractivity contribution < 1.29 is 29.6 Å². The number of amides is 2. The largest absolute Gasteiger partial charge is 0.508 e. The zero-order valence-corrected chi connectivity index (χ0v) is 23.8. The molecule has 5 rings (SSSR count). The monoisotopic (exact) mass is 573 g/mol. The number of aliphatic hydroxyl groups is 2. The van der Waals surface area contributed by atoms with E-state index >= 15 is 0 Å². The summed E-state index contributed by atoms with van der Waals surface area (Å²) in [5, 5.41) is 34.1. The summed E-state index contributed by atoms with van der Waals surface area (Å²) < 4.78 is 5.47. The van der Waals surface area contributed by atoms with Crippen LogP contribution in [0.5, 0.6) is 5.75 Å². The molecule has 0 spiro atoms. The molecule has 1 saturated heterocycles. The van der Waals surface area contributed by atoms with Gasteiger partial charge in [0.15, 0.2) is 0 Å². The van der Waals surface area contributed by atoms with Crippen molar-refractivity contribution in [2.75, 3.05) is 20.3 Å². The fraction of sp³-hybridized carbons (Fsp3) is 0.333. The lowest BCUT2D eigenvalue weighted by Crippen LogP contribution is -2.39. The molecule has 4 atom stereocenters. The number of aromatic hydroxyl groups is 1. The van der Waals surface area contributed by atoms with Crippen LogP contribution in [-0.2, 0) is 20.9 Å². The minimum atomic E-state index is -0.941. The molecule has 0 unspecified atom stereocenters. The number of aliphatic hydroxyl groups excluding tert-OH is 2. The molecule has 41 heavy (non-hydrogen) atoms. The first-order valence-electron chi connectivity index (χ1n) is 13.8. The molecule has 214 valence electrons. The third kappa shape index (κ3) is 6.21. The predicted molar refractivity (Wildman–Crippen MR) is 159 cm³/mol. The van der Waals surface area contributed by atoms with E-state index in [-0.39, 0.29) is 37.3 Å².